The molecule has 1 N–H and O–H groups in total. The molecule has 0 fully saturated rings. The highest BCUT2D eigenvalue weighted by atomic mass is 16.9. The van der Waals surface area contributed by atoms with Crippen LogP contribution in [0, 0.1) is 10.1 Å². The lowest BCUT2D eigenvalue weighted by atomic mass is 10.2. The van der Waals surface area contributed by atoms with Gasteiger partial charge in [-0.3, -0.25) is 4.79 Å². The van der Waals surface area contributed by atoms with Gasteiger partial charge in [0.15, 0.2) is 11.5 Å². The molecule has 16 heteroatoms. The number of amides is 1. The van der Waals surface area contributed by atoms with Gasteiger partial charge in [-0.1, -0.05) is 12.1 Å². The largest absolute Gasteiger partial charge is 0.490 e. The van der Waals surface area contributed by atoms with Gasteiger partial charge in [-0.2, -0.15) is 0 Å². The van der Waals surface area contributed by atoms with Gasteiger partial charge >= 0.3 is 30.0 Å². The molecule has 2 aromatic rings. The van der Waals surface area contributed by atoms with Crippen molar-refractivity contribution in [2.24, 2.45) is 0 Å². The molecule has 0 aliphatic rings. The lowest BCUT2D eigenvalue weighted by molar-refractivity contribution is -0.757. The number of ether oxygens (including phenoxy) is 6. The zero-order valence-electron chi connectivity index (χ0n) is 23.7. The van der Waals surface area contributed by atoms with Crippen LogP contribution >= 0.6 is 0 Å². The van der Waals surface area contributed by atoms with Gasteiger partial charge in [0.2, 0.25) is 6.79 Å². The number of alkyl carbamates (subject to hydrolysis) is 1. The first kappa shape index (κ1) is 33.8. The lowest BCUT2D eigenvalue weighted by Gasteiger charge is -2.19. The van der Waals surface area contributed by atoms with E-state index in [0.717, 1.165) is 13.0 Å². The van der Waals surface area contributed by atoms with Crippen molar-refractivity contribution >= 4 is 30.0 Å². The summed E-state index contributed by atoms with van der Waals surface area (Å²) in [5.41, 5.74) is -1.01. The van der Waals surface area contributed by atoms with Gasteiger partial charge in [-0.05, 0) is 51.1 Å². The van der Waals surface area contributed by atoms with Gasteiger partial charge in [0.05, 0.1) is 18.8 Å². The second-order valence-electron chi connectivity index (χ2n) is 9.32. The number of nitrogens with zero attached hydrogens (tertiary/aromatic N) is 1. The van der Waals surface area contributed by atoms with Crippen molar-refractivity contribution in [2.45, 2.75) is 39.7 Å². The van der Waals surface area contributed by atoms with Crippen molar-refractivity contribution in [3.05, 3.63) is 63.7 Å². The zero-order valence-corrected chi connectivity index (χ0v) is 23.7. The molecular weight excluding hydrogens is 576 g/mol. The first-order valence-electron chi connectivity index (χ1n) is 12.6. The van der Waals surface area contributed by atoms with Crippen molar-refractivity contribution in [2.75, 3.05) is 26.6 Å². The molecule has 2 aromatic carbocycles. The molecule has 43 heavy (non-hydrogen) atoms. The van der Waals surface area contributed by atoms with E-state index in [-0.39, 0.29) is 48.0 Å². The molecule has 16 nitrogen and oxygen atoms in total. The summed E-state index contributed by atoms with van der Waals surface area (Å²) in [5, 5.41) is 11.6. The maximum absolute atomic E-state index is 12.6. The van der Waals surface area contributed by atoms with Gasteiger partial charge in [-0.25, -0.2) is 19.2 Å². The van der Waals surface area contributed by atoms with Crippen LogP contribution < -0.4 is 19.5 Å². The van der Waals surface area contributed by atoms with Crippen molar-refractivity contribution in [1.29, 1.82) is 0 Å². The number of nitrogens with one attached hydrogen (secondary N) is 1. The van der Waals surface area contributed by atoms with Crippen LogP contribution in [0.2, 0.25) is 0 Å². The molecule has 2 rings (SSSR count). The van der Waals surface area contributed by atoms with Gasteiger partial charge in [0, 0.05) is 13.3 Å². The summed E-state index contributed by atoms with van der Waals surface area (Å²) in [6.45, 7) is 4.34. The Balaban J connectivity index is 2.07. The van der Waals surface area contributed by atoms with E-state index in [9.17, 15) is 34.1 Å². The number of carbonyl (C=O) groups is 5. The molecule has 0 aliphatic carbocycles. The lowest BCUT2D eigenvalue weighted by Crippen LogP contribution is -2.36. The van der Waals surface area contributed by atoms with E-state index in [1.54, 1.807) is 26.8 Å². The monoisotopic (exact) mass is 606 g/mol. The number of carbonyl (C=O) groups excluding carboxylic acids is 5. The second kappa shape index (κ2) is 16.1. The molecule has 0 aromatic heterocycles. The summed E-state index contributed by atoms with van der Waals surface area (Å²) < 4.78 is 30.7. The predicted molar refractivity (Wildman–Crippen MR) is 143 cm³/mol. The summed E-state index contributed by atoms with van der Waals surface area (Å²) in [6.07, 6.45) is -0.765. The summed E-state index contributed by atoms with van der Waals surface area (Å²) >= 11 is 0. The Labute approximate surface area is 245 Å². The molecule has 0 bridgehead atoms. The molecule has 0 atom stereocenters. The molecule has 0 saturated carbocycles. The Kier molecular flexibility index (Phi) is 12.7. The smallest absolute Gasteiger partial charge is 0.408 e. The van der Waals surface area contributed by atoms with Crippen LogP contribution in [-0.2, 0) is 28.6 Å². The van der Waals surface area contributed by atoms with Crippen LogP contribution in [0.3, 0.4) is 0 Å². The van der Waals surface area contributed by atoms with Crippen molar-refractivity contribution < 1.29 is 62.3 Å². The van der Waals surface area contributed by atoms with E-state index >= 15 is 0 Å². The van der Waals surface area contributed by atoms with E-state index in [0.29, 0.717) is 0 Å². The summed E-state index contributed by atoms with van der Waals surface area (Å²) in [5.74, 6) is -3.80. The minimum absolute atomic E-state index is 0.0169. The van der Waals surface area contributed by atoms with Crippen LogP contribution in [0.4, 0.5) is 4.79 Å². The average Bonchev–Trinajstić information content (AvgIpc) is 2.91. The van der Waals surface area contributed by atoms with E-state index < -0.39 is 54.0 Å². The SMILES string of the molecule is CC(=O)Oc1ccccc1C(=O)OCOC(=O)c1ccc(OCCCO[N+](=O)[O-])c(OC(=O)CNC(=O)OC(C)(C)C)c1. The standard InChI is InChI=1S/C27H30N2O14/c1-17(30)41-20-9-6-5-8-19(20)25(33)39-16-38-24(32)18-10-11-21(37-12-7-13-40-29(35)36)22(14-18)42-23(31)15-28-26(34)43-27(2,3)4/h5-6,8-11,14H,7,12-13,15-16H2,1-4H3,(H,28,34). The molecule has 0 unspecified atom stereocenters. The highest BCUT2D eigenvalue weighted by Crippen LogP contribution is 2.29. The zero-order chi connectivity index (χ0) is 32.0. The number of benzene rings is 2. The van der Waals surface area contributed by atoms with Crippen LogP contribution in [-0.4, -0.2) is 67.2 Å². The summed E-state index contributed by atoms with van der Waals surface area (Å²) in [7, 11) is 0. The number of esters is 4. The fourth-order valence-corrected chi connectivity index (χ4v) is 3.01. The molecule has 0 radical (unpaired) electrons. The van der Waals surface area contributed by atoms with Gasteiger partial charge in [-0.15, -0.1) is 10.1 Å². The van der Waals surface area contributed by atoms with Crippen LogP contribution in [0.25, 0.3) is 0 Å². The Bertz CT molecular complexity index is 1340. The number of hydrogen-bond acceptors (Lipinski definition) is 14. The fourth-order valence-electron chi connectivity index (χ4n) is 3.01. The molecule has 0 spiro atoms. The second-order valence-corrected chi connectivity index (χ2v) is 9.32. The van der Waals surface area contributed by atoms with E-state index in [1.807, 2.05) is 0 Å². The number of para-hydroxylation sites is 1. The highest BCUT2D eigenvalue weighted by molar-refractivity contribution is 5.94. The number of hydrogen-bond donors (Lipinski definition) is 1. The van der Waals surface area contributed by atoms with Crippen molar-refractivity contribution in [3.63, 3.8) is 0 Å². The third kappa shape index (κ3) is 12.8. The summed E-state index contributed by atoms with van der Waals surface area (Å²) in [6, 6.07) is 9.43. The van der Waals surface area contributed by atoms with Gasteiger partial charge in [0.25, 0.3) is 5.09 Å². The van der Waals surface area contributed by atoms with Gasteiger partial charge < -0.3 is 38.6 Å². The summed E-state index contributed by atoms with van der Waals surface area (Å²) in [4.78, 5) is 75.0. The number of rotatable bonds is 14. The Morgan fingerprint density at radius 3 is 2.26 bits per heavy atom. The normalized spacial score (nSPS) is 10.5. The fraction of sp³-hybridized carbons (Fsp3) is 0.370. The van der Waals surface area contributed by atoms with Crippen LogP contribution in [0.1, 0.15) is 54.8 Å². The Morgan fingerprint density at radius 1 is 0.884 bits per heavy atom. The van der Waals surface area contributed by atoms with Crippen molar-refractivity contribution in [3.8, 4) is 17.2 Å². The first-order chi connectivity index (χ1) is 20.2. The van der Waals surface area contributed by atoms with E-state index in [1.165, 1.54) is 30.3 Å². The van der Waals surface area contributed by atoms with E-state index in [4.69, 9.17) is 28.4 Å². The molecule has 0 aliphatic heterocycles. The molecule has 232 valence electrons. The average molecular weight is 607 g/mol. The molecule has 0 saturated heterocycles. The Morgan fingerprint density at radius 2 is 1.58 bits per heavy atom. The minimum atomic E-state index is -0.976. The molecule has 1 amide bonds. The molecule has 0 heterocycles. The Hall–Kier alpha value is -5.41. The predicted octanol–water partition coefficient (Wildman–Crippen LogP) is 2.99. The third-order valence-corrected chi connectivity index (χ3v) is 4.66. The maximum Gasteiger partial charge on any atom is 0.408 e. The van der Waals surface area contributed by atoms with Crippen LogP contribution in [0.5, 0.6) is 17.2 Å². The van der Waals surface area contributed by atoms with E-state index in [2.05, 4.69) is 10.2 Å². The first-order valence-corrected chi connectivity index (χ1v) is 12.6. The van der Waals surface area contributed by atoms with Gasteiger partial charge in [0.1, 0.15) is 23.5 Å². The van der Waals surface area contributed by atoms with Crippen molar-refractivity contribution in [1.82, 2.24) is 5.32 Å². The maximum atomic E-state index is 12.6. The third-order valence-electron chi connectivity index (χ3n) is 4.66. The topological polar surface area (TPSA) is 205 Å². The minimum Gasteiger partial charge on any atom is -0.490 e. The highest BCUT2D eigenvalue weighted by Gasteiger charge is 2.20. The molecular formula is C27H30N2O14. The quantitative estimate of drug-likeness (QED) is 0.0820. The van der Waals surface area contributed by atoms with Crippen LogP contribution in [0.15, 0.2) is 42.5 Å².